The number of rotatable bonds is 7. The van der Waals surface area contributed by atoms with Crippen molar-refractivity contribution < 1.29 is 4.79 Å². The first kappa shape index (κ1) is 15.3. The van der Waals surface area contributed by atoms with E-state index in [0.717, 1.165) is 25.2 Å². The second kappa shape index (κ2) is 8.27. The van der Waals surface area contributed by atoms with E-state index in [2.05, 4.69) is 15.6 Å². The highest BCUT2D eigenvalue weighted by molar-refractivity contribution is 6.33. The number of pyridine rings is 1. The van der Waals surface area contributed by atoms with Gasteiger partial charge in [-0.2, -0.15) is 0 Å². The van der Waals surface area contributed by atoms with Crippen LogP contribution in [0.5, 0.6) is 0 Å². The molecule has 0 radical (unpaired) electrons. The Morgan fingerprint density at radius 2 is 1.81 bits per heavy atom. The zero-order chi connectivity index (χ0) is 14.9. The minimum Gasteiger partial charge on any atom is -0.370 e. The lowest BCUT2D eigenvalue weighted by atomic mass is 10.2. The summed E-state index contributed by atoms with van der Waals surface area (Å²) >= 11 is 5.97. The first-order valence-electron chi connectivity index (χ1n) is 6.95. The molecule has 2 rings (SSSR count). The van der Waals surface area contributed by atoms with Crippen molar-refractivity contribution in [3.8, 4) is 0 Å². The standard InChI is InChI=1S/C16H18ClN3O/c17-14-8-2-1-7-13(14)16(21)20-12-6-5-11-19-15-9-3-4-10-18-15/h1-4,7-10H,5-6,11-12H2,(H,18,19)(H,20,21). The maximum Gasteiger partial charge on any atom is 0.252 e. The zero-order valence-electron chi connectivity index (χ0n) is 11.7. The fourth-order valence-electron chi connectivity index (χ4n) is 1.88. The molecule has 0 spiro atoms. The van der Waals surface area contributed by atoms with E-state index in [1.807, 2.05) is 24.3 Å². The molecule has 0 aliphatic carbocycles. The van der Waals surface area contributed by atoms with E-state index in [0.29, 0.717) is 17.1 Å². The molecule has 0 fully saturated rings. The first-order chi connectivity index (χ1) is 10.3. The topological polar surface area (TPSA) is 54.0 Å². The first-order valence-corrected chi connectivity index (χ1v) is 7.33. The number of hydrogen-bond donors (Lipinski definition) is 2. The van der Waals surface area contributed by atoms with Crippen LogP contribution in [-0.4, -0.2) is 24.0 Å². The molecule has 2 N–H and O–H groups in total. The Morgan fingerprint density at radius 1 is 1.05 bits per heavy atom. The number of hydrogen-bond acceptors (Lipinski definition) is 3. The Hall–Kier alpha value is -2.07. The van der Waals surface area contributed by atoms with Gasteiger partial charge in [0.1, 0.15) is 5.82 Å². The third kappa shape index (κ3) is 5.08. The van der Waals surface area contributed by atoms with Crippen molar-refractivity contribution >= 4 is 23.3 Å². The van der Waals surface area contributed by atoms with Crippen LogP contribution >= 0.6 is 11.6 Å². The summed E-state index contributed by atoms with van der Waals surface area (Å²) in [6.45, 7) is 1.47. The molecule has 1 aromatic carbocycles. The van der Waals surface area contributed by atoms with Crippen molar-refractivity contribution in [2.75, 3.05) is 18.4 Å². The highest BCUT2D eigenvalue weighted by Gasteiger charge is 2.07. The summed E-state index contributed by atoms with van der Waals surface area (Å²) in [6, 6.07) is 12.8. The van der Waals surface area contributed by atoms with Crippen LogP contribution in [-0.2, 0) is 0 Å². The Labute approximate surface area is 129 Å². The summed E-state index contributed by atoms with van der Waals surface area (Å²) < 4.78 is 0. The van der Waals surface area contributed by atoms with Gasteiger partial charge in [-0.25, -0.2) is 4.98 Å². The molecule has 5 heteroatoms. The number of unbranched alkanes of at least 4 members (excludes halogenated alkanes) is 1. The number of aromatic nitrogens is 1. The Balaban J connectivity index is 1.62. The van der Waals surface area contributed by atoms with Crippen molar-refractivity contribution in [2.24, 2.45) is 0 Å². The van der Waals surface area contributed by atoms with Crippen LogP contribution in [0.2, 0.25) is 5.02 Å². The second-order valence-electron chi connectivity index (χ2n) is 4.58. The van der Waals surface area contributed by atoms with Crippen molar-refractivity contribution in [3.05, 3.63) is 59.2 Å². The molecule has 1 amide bonds. The van der Waals surface area contributed by atoms with Crippen LogP contribution in [0.15, 0.2) is 48.7 Å². The summed E-state index contributed by atoms with van der Waals surface area (Å²) in [7, 11) is 0. The average Bonchev–Trinajstić information content (AvgIpc) is 2.52. The molecule has 0 aliphatic heterocycles. The molecule has 2 aromatic rings. The molecule has 4 nitrogen and oxygen atoms in total. The monoisotopic (exact) mass is 303 g/mol. The average molecular weight is 304 g/mol. The van der Waals surface area contributed by atoms with Crippen LogP contribution in [0.25, 0.3) is 0 Å². The molecule has 110 valence electrons. The van der Waals surface area contributed by atoms with Gasteiger partial charge < -0.3 is 10.6 Å². The van der Waals surface area contributed by atoms with E-state index in [9.17, 15) is 4.79 Å². The fourth-order valence-corrected chi connectivity index (χ4v) is 2.10. The second-order valence-corrected chi connectivity index (χ2v) is 4.99. The van der Waals surface area contributed by atoms with Crippen molar-refractivity contribution in [1.29, 1.82) is 0 Å². The Morgan fingerprint density at radius 3 is 2.57 bits per heavy atom. The molecule has 0 unspecified atom stereocenters. The SMILES string of the molecule is O=C(NCCCCNc1ccccn1)c1ccccc1Cl. The van der Waals surface area contributed by atoms with Gasteiger partial charge in [-0.3, -0.25) is 4.79 Å². The third-order valence-electron chi connectivity index (χ3n) is 2.98. The maximum atomic E-state index is 11.9. The lowest BCUT2D eigenvalue weighted by Crippen LogP contribution is -2.25. The maximum absolute atomic E-state index is 11.9. The number of carbonyl (C=O) groups excluding carboxylic acids is 1. The number of nitrogens with one attached hydrogen (secondary N) is 2. The molecule has 0 saturated carbocycles. The summed E-state index contributed by atoms with van der Waals surface area (Å²) in [5, 5.41) is 6.58. The van der Waals surface area contributed by atoms with Crippen LogP contribution < -0.4 is 10.6 Å². The number of nitrogens with zero attached hydrogens (tertiary/aromatic N) is 1. The molecule has 0 aliphatic rings. The summed E-state index contributed by atoms with van der Waals surface area (Å²) in [4.78, 5) is 16.1. The smallest absolute Gasteiger partial charge is 0.252 e. The highest BCUT2D eigenvalue weighted by Crippen LogP contribution is 2.14. The van der Waals surface area contributed by atoms with Crippen molar-refractivity contribution in [2.45, 2.75) is 12.8 Å². The van der Waals surface area contributed by atoms with Gasteiger partial charge in [0.25, 0.3) is 5.91 Å². The lowest BCUT2D eigenvalue weighted by Gasteiger charge is -2.07. The molecule has 1 aromatic heterocycles. The van der Waals surface area contributed by atoms with Crippen LogP contribution in [0.4, 0.5) is 5.82 Å². The van der Waals surface area contributed by atoms with E-state index in [1.54, 1.807) is 24.4 Å². The largest absolute Gasteiger partial charge is 0.370 e. The van der Waals surface area contributed by atoms with Crippen LogP contribution in [0, 0.1) is 0 Å². The lowest BCUT2D eigenvalue weighted by molar-refractivity contribution is 0.0953. The normalized spacial score (nSPS) is 10.1. The molecule has 0 atom stereocenters. The van der Waals surface area contributed by atoms with Gasteiger partial charge in [0.15, 0.2) is 0 Å². The number of amides is 1. The van der Waals surface area contributed by atoms with E-state index < -0.39 is 0 Å². The summed E-state index contributed by atoms with van der Waals surface area (Å²) in [5.74, 6) is 0.746. The molecule has 0 saturated heterocycles. The number of benzene rings is 1. The number of anilines is 1. The predicted octanol–water partition coefficient (Wildman–Crippen LogP) is 3.36. The Kier molecular flexibility index (Phi) is 6.03. The molecular formula is C16H18ClN3O. The van der Waals surface area contributed by atoms with Gasteiger partial charge in [0.05, 0.1) is 10.6 Å². The minimum atomic E-state index is -0.127. The minimum absolute atomic E-state index is 0.127. The van der Waals surface area contributed by atoms with E-state index >= 15 is 0 Å². The van der Waals surface area contributed by atoms with Crippen LogP contribution in [0.3, 0.4) is 0 Å². The van der Waals surface area contributed by atoms with Crippen molar-refractivity contribution in [1.82, 2.24) is 10.3 Å². The predicted molar refractivity (Wildman–Crippen MR) is 85.7 cm³/mol. The van der Waals surface area contributed by atoms with E-state index in [4.69, 9.17) is 11.6 Å². The third-order valence-corrected chi connectivity index (χ3v) is 3.31. The van der Waals surface area contributed by atoms with Gasteiger partial charge >= 0.3 is 0 Å². The highest BCUT2D eigenvalue weighted by atomic mass is 35.5. The van der Waals surface area contributed by atoms with E-state index in [-0.39, 0.29) is 5.91 Å². The number of carbonyl (C=O) groups is 1. The van der Waals surface area contributed by atoms with Gasteiger partial charge in [-0.15, -0.1) is 0 Å². The molecule has 1 heterocycles. The van der Waals surface area contributed by atoms with Crippen molar-refractivity contribution in [3.63, 3.8) is 0 Å². The molecule has 21 heavy (non-hydrogen) atoms. The Bertz CT molecular complexity index is 575. The van der Waals surface area contributed by atoms with Gasteiger partial charge in [0, 0.05) is 19.3 Å². The fraction of sp³-hybridized carbons (Fsp3) is 0.250. The summed E-state index contributed by atoms with van der Waals surface area (Å²) in [5.41, 5.74) is 0.519. The quantitative estimate of drug-likeness (QED) is 0.771. The van der Waals surface area contributed by atoms with E-state index in [1.165, 1.54) is 0 Å². The molecular weight excluding hydrogens is 286 g/mol. The molecule has 0 bridgehead atoms. The van der Waals surface area contributed by atoms with Crippen LogP contribution in [0.1, 0.15) is 23.2 Å². The van der Waals surface area contributed by atoms with Gasteiger partial charge in [-0.1, -0.05) is 29.8 Å². The number of halogens is 1. The van der Waals surface area contributed by atoms with Gasteiger partial charge in [0.2, 0.25) is 0 Å². The van der Waals surface area contributed by atoms with Gasteiger partial charge in [-0.05, 0) is 37.1 Å². The zero-order valence-corrected chi connectivity index (χ0v) is 12.4. The summed E-state index contributed by atoms with van der Waals surface area (Å²) in [6.07, 6.45) is 3.61.